The molecule has 0 saturated heterocycles. The molecule has 1 aromatic rings. The first-order chi connectivity index (χ1) is 9.32. The molecule has 0 bridgehead atoms. The first-order valence-corrected chi connectivity index (χ1v) is 8.78. The Morgan fingerprint density at radius 1 is 1.30 bits per heavy atom. The molecule has 0 unspecified atom stereocenters. The van der Waals surface area contributed by atoms with Crippen LogP contribution in [0.15, 0.2) is 23.2 Å². The minimum absolute atomic E-state index is 0.232. The molecule has 0 aliphatic carbocycles. The maximum Gasteiger partial charge on any atom is 0.243 e. The van der Waals surface area contributed by atoms with Gasteiger partial charge in [0.15, 0.2) is 5.69 Å². The normalized spacial score (nSPS) is 12.0. The van der Waals surface area contributed by atoms with Crippen LogP contribution in [0.1, 0.15) is 12.6 Å². The van der Waals surface area contributed by atoms with Crippen LogP contribution in [0.2, 0.25) is 0 Å². The fourth-order valence-corrected chi connectivity index (χ4v) is 3.59. The molecular formula is C10H14N4O4S2. The molecule has 0 aliphatic heterocycles. The molecule has 0 saturated carbocycles. The van der Waals surface area contributed by atoms with E-state index >= 15 is 0 Å². The highest BCUT2D eigenvalue weighted by Gasteiger charge is 2.19. The number of pyridine rings is 1. The molecule has 1 rings (SSSR count). The second-order valence-corrected chi connectivity index (χ2v) is 7.34. The van der Waals surface area contributed by atoms with Gasteiger partial charge in [-0.05, 0) is 12.1 Å². The van der Waals surface area contributed by atoms with Gasteiger partial charge in [-0.1, -0.05) is 6.92 Å². The zero-order chi connectivity index (χ0) is 15.2. The zero-order valence-electron chi connectivity index (χ0n) is 10.7. The van der Waals surface area contributed by atoms with Crippen molar-refractivity contribution in [2.24, 2.45) is 0 Å². The van der Waals surface area contributed by atoms with Crippen LogP contribution in [0, 0.1) is 11.3 Å². The summed E-state index contributed by atoms with van der Waals surface area (Å²) in [5.41, 5.74) is -0.241. The topological polar surface area (TPSA) is 129 Å². The van der Waals surface area contributed by atoms with Crippen molar-refractivity contribution in [1.29, 1.82) is 5.26 Å². The molecule has 1 aromatic heterocycles. The summed E-state index contributed by atoms with van der Waals surface area (Å²) in [7, 11) is -7.48. The lowest BCUT2D eigenvalue weighted by molar-refractivity contribution is 0.576. The van der Waals surface area contributed by atoms with E-state index in [4.69, 9.17) is 5.26 Å². The number of hydrogen-bond donors (Lipinski definition) is 2. The summed E-state index contributed by atoms with van der Waals surface area (Å²) in [4.78, 5) is 3.36. The van der Waals surface area contributed by atoms with Crippen LogP contribution in [0.3, 0.4) is 0 Å². The first kappa shape index (κ1) is 16.5. The molecule has 0 radical (unpaired) electrons. The molecule has 0 amide bonds. The molecule has 0 aromatic carbocycles. The van der Waals surface area contributed by atoms with Gasteiger partial charge in [0, 0.05) is 19.3 Å². The molecule has 1 heterocycles. The first-order valence-electron chi connectivity index (χ1n) is 5.64. The predicted molar refractivity (Wildman–Crippen MR) is 71.6 cm³/mol. The Morgan fingerprint density at radius 3 is 2.60 bits per heavy atom. The smallest absolute Gasteiger partial charge is 0.243 e. The number of rotatable bonds is 7. The third-order valence-corrected chi connectivity index (χ3v) is 5.16. The number of nitrogens with zero attached hydrogens (tertiary/aromatic N) is 2. The Morgan fingerprint density at radius 2 is 2.00 bits per heavy atom. The van der Waals surface area contributed by atoms with Crippen LogP contribution < -0.4 is 9.44 Å². The molecule has 0 spiro atoms. The Bertz CT molecular complexity index is 707. The van der Waals surface area contributed by atoms with Gasteiger partial charge in [-0.15, -0.1) is 0 Å². The second-order valence-electron chi connectivity index (χ2n) is 3.68. The zero-order valence-corrected chi connectivity index (χ0v) is 12.3. The Hall–Kier alpha value is -1.54. The lowest BCUT2D eigenvalue weighted by atomic mass is 10.4. The molecule has 110 valence electrons. The predicted octanol–water partition coefficient (Wildman–Crippen LogP) is -0.829. The van der Waals surface area contributed by atoms with E-state index in [2.05, 4.69) is 14.4 Å². The van der Waals surface area contributed by atoms with Crippen LogP contribution in [0.5, 0.6) is 0 Å². The minimum atomic E-state index is -3.97. The average molecular weight is 318 g/mol. The molecular weight excluding hydrogens is 304 g/mol. The van der Waals surface area contributed by atoms with E-state index in [0.29, 0.717) is 0 Å². The number of sulfonamides is 2. The minimum Gasteiger partial charge on any atom is -0.244 e. The molecule has 0 atom stereocenters. The van der Waals surface area contributed by atoms with Crippen molar-refractivity contribution in [2.45, 2.75) is 11.8 Å². The van der Waals surface area contributed by atoms with E-state index in [1.54, 1.807) is 13.0 Å². The van der Waals surface area contributed by atoms with E-state index in [1.165, 1.54) is 18.3 Å². The van der Waals surface area contributed by atoms with Gasteiger partial charge in [0.25, 0.3) is 0 Å². The summed E-state index contributed by atoms with van der Waals surface area (Å²) in [6.07, 6.45) is 1.30. The Balaban J connectivity index is 2.80. The summed E-state index contributed by atoms with van der Waals surface area (Å²) >= 11 is 0. The van der Waals surface area contributed by atoms with Gasteiger partial charge < -0.3 is 0 Å². The van der Waals surface area contributed by atoms with E-state index in [-0.39, 0.29) is 29.4 Å². The van der Waals surface area contributed by atoms with Crippen molar-refractivity contribution < 1.29 is 16.8 Å². The fourth-order valence-electron chi connectivity index (χ4n) is 1.37. The van der Waals surface area contributed by atoms with Crippen molar-refractivity contribution in [2.75, 3.05) is 18.8 Å². The lowest BCUT2D eigenvalue weighted by Crippen LogP contribution is -2.34. The van der Waals surface area contributed by atoms with Gasteiger partial charge in [0.2, 0.25) is 20.0 Å². The van der Waals surface area contributed by atoms with Crippen molar-refractivity contribution in [3.63, 3.8) is 0 Å². The maximum atomic E-state index is 11.9. The largest absolute Gasteiger partial charge is 0.244 e. The third-order valence-electron chi connectivity index (χ3n) is 2.19. The van der Waals surface area contributed by atoms with Crippen LogP contribution >= 0.6 is 0 Å². The van der Waals surface area contributed by atoms with Gasteiger partial charge in [-0.25, -0.2) is 31.3 Å². The van der Waals surface area contributed by atoms with Crippen LogP contribution in [-0.4, -0.2) is 40.7 Å². The highest BCUT2D eigenvalue weighted by atomic mass is 32.2. The number of aromatic nitrogens is 1. The van der Waals surface area contributed by atoms with Gasteiger partial charge in [0.1, 0.15) is 11.0 Å². The fraction of sp³-hybridized carbons (Fsp3) is 0.400. The summed E-state index contributed by atoms with van der Waals surface area (Å²) in [5.74, 6) is -0.387. The summed E-state index contributed by atoms with van der Waals surface area (Å²) in [5, 5.41) is 8.80. The van der Waals surface area contributed by atoms with Crippen LogP contribution in [0.4, 0.5) is 0 Å². The van der Waals surface area contributed by atoms with E-state index in [9.17, 15) is 16.8 Å². The van der Waals surface area contributed by atoms with Gasteiger partial charge in [-0.2, -0.15) is 5.26 Å². The quantitative estimate of drug-likeness (QED) is 0.675. The molecule has 20 heavy (non-hydrogen) atoms. The highest BCUT2D eigenvalue weighted by Crippen LogP contribution is 2.11. The average Bonchev–Trinajstić information content (AvgIpc) is 2.38. The van der Waals surface area contributed by atoms with E-state index in [0.717, 1.165) is 0 Å². The standard InChI is InChI=1S/C10H14N4O4S2/c1-2-13-19(15,16)7-6-14-20(17,18)10-4-3-5-12-9(10)8-11/h3-5,13-14H,2,6-7H2,1H3. The molecule has 0 fully saturated rings. The van der Waals surface area contributed by atoms with Gasteiger partial charge >= 0.3 is 0 Å². The van der Waals surface area contributed by atoms with Crippen molar-refractivity contribution in [3.05, 3.63) is 24.0 Å². The number of nitriles is 1. The lowest BCUT2D eigenvalue weighted by Gasteiger charge is -2.08. The van der Waals surface area contributed by atoms with Crippen molar-refractivity contribution in [3.8, 4) is 6.07 Å². The van der Waals surface area contributed by atoms with Gasteiger partial charge in [-0.3, -0.25) is 0 Å². The third kappa shape index (κ3) is 4.53. The summed E-state index contributed by atoms with van der Waals surface area (Å²) in [6.45, 7) is 1.56. The summed E-state index contributed by atoms with van der Waals surface area (Å²) < 4.78 is 51.0. The monoisotopic (exact) mass is 318 g/mol. The molecule has 10 heteroatoms. The molecule has 0 aliphatic rings. The van der Waals surface area contributed by atoms with E-state index < -0.39 is 20.0 Å². The van der Waals surface area contributed by atoms with Crippen molar-refractivity contribution >= 4 is 20.0 Å². The van der Waals surface area contributed by atoms with E-state index in [1.807, 2.05) is 0 Å². The number of hydrogen-bond acceptors (Lipinski definition) is 6. The molecule has 8 nitrogen and oxygen atoms in total. The van der Waals surface area contributed by atoms with Crippen LogP contribution in [-0.2, 0) is 20.0 Å². The molecule has 2 N–H and O–H groups in total. The Kier molecular flexibility index (Phi) is 5.58. The number of nitrogens with one attached hydrogen (secondary N) is 2. The van der Waals surface area contributed by atoms with Crippen molar-refractivity contribution in [1.82, 2.24) is 14.4 Å². The highest BCUT2D eigenvalue weighted by molar-refractivity contribution is 7.90. The Labute approximate surface area is 117 Å². The van der Waals surface area contributed by atoms with Gasteiger partial charge in [0.05, 0.1) is 5.75 Å². The maximum absolute atomic E-state index is 11.9. The van der Waals surface area contributed by atoms with Crippen LogP contribution in [0.25, 0.3) is 0 Å². The second kappa shape index (κ2) is 6.76. The summed E-state index contributed by atoms with van der Waals surface area (Å²) in [6, 6.07) is 4.28. The SMILES string of the molecule is CCNS(=O)(=O)CCNS(=O)(=O)c1cccnc1C#N.